The smallest absolute Gasteiger partial charge is 0.306 e. The molecule has 2 unspecified atom stereocenters. The molecular weight excluding hydrogens is 1050 g/mol. The summed E-state index contributed by atoms with van der Waals surface area (Å²) in [5, 5.41) is 11.8. The number of allylic oxidation sites excluding steroid dienone is 30. The molecule has 85 heavy (non-hydrogen) atoms. The van der Waals surface area contributed by atoms with Crippen molar-refractivity contribution in [2.75, 3.05) is 47.5 Å². The molecule has 0 aromatic rings. The van der Waals surface area contributed by atoms with Crippen molar-refractivity contribution in [3.05, 3.63) is 182 Å². The van der Waals surface area contributed by atoms with Crippen LogP contribution in [0.15, 0.2) is 182 Å². The Morgan fingerprint density at radius 3 is 0.953 bits per heavy atom. The molecule has 0 saturated heterocycles. The summed E-state index contributed by atoms with van der Waals surface area (Å²) < 4.78 is 22.7. The lowest BCUT2D eigenvalue weighted by atomic mass is 10.0. The average Bonchev–Trinajstić information content (AvgIpc) is 3.48. The van der Waals surface area contributed by atoms with Gasteiger partial charge in [0.2, 0.25) is 0 Å². The normalized spacial score (nSPS) is 13.9. The molecule has 0 rings (SSSR count). The number of likely N-dealkylation sites (N-methyl/N-ethyl adjacent to an activating group) is 1. The molecule has 0 aromatic carbocycles. The number of esters is 2. The van der Waals surface area contributed by atoms with Gasteiger partial charge in [0, 0.05) is 12.8 Å². The van der Waals surface area contributed by atoms with E-state index in [4.69, 9.17) is 18.9 Å². The van der Waals surface area contributed by atoms with Crippen molar-refractivity contribution in [2.24, 2.45) is 0 Å². The van der Waals surface area contributed by atoms with Crippen LogP contribution in [-0.2, 0) is 33.3 Å². The first-order chi connectivity index (χ1) is 41.6. The van der Waals surface area contributed by atoms with Crippen LogP contribution in [-0.4, -0.2) is 82.3 Å². The van der Waals surface area contributed by atoms with Crippen molar-refractivity contribution in [1.29, 1.82) is 0 Å². The molecule has 0 fully saturated rings. The second-order valence-electron chi connectivity index (χ2n) is 22.3. The quantitative estimate of drug-likeness (QED) is 0.0195. The Labute approximate surface area is 519 Å². The van der Waals surface area contributed by atoms with Crippen LogP contribution < -0.4 is 5.11 Å². The lowest BCUT2D eigenvalue weighted by Gasteiger charge is -2.26. The molecule has 2 atom stereocenters. The van der Waals surface area contributed by atoms with Gasteiger partial charge in [-0.2, -0.15) is 0 Å². The zero-order valence-corrected chi connectivity index (χ0v) is 54.1. The van der Waals surface area contributed by atoms with E-state index in [1.54, 1.807) is 0 Å². The second-order valence-corrected chi connectivity index (χ2v) is 22.3. The fraction of sp³-hybridized carbons (Fsp3) is 0.566. The number of aliphatic carboxylic acids is 1. The summed E-state index contributed by atoms with van der Waals surface area (Å²) in [4.78, 5) is 37.4. The number of carbonyl (C=O) groups is 3. The monoisotopic (exact) mass is 1170 g/mol. The van der Waals surface area contributed by atoms with Crippen LogP contribution in [0.4, 0.5) is 0 Å². The lowest BCUT2D eigenvalue weighted by molar-refractivity contribution is -0.870. The Morgan fingerprint density at radius 2 is 0.635 bits per heavy atom. The SMILES string of the molecule is CC/C=C\C/C=C\C/C=C\C/C=C\C/C=C\C/C=C\C/C=C\C/C=C\CCCCCCCCCCCCC(=O)OC(COC(=O)CCCCC/C=C\C/C=C\C/C=C\C/C=C\C/C=C\C/C=C\C/C=C\CC)COC(OCC[N+](C)(C)C)C(=O)[O-]. The van der Waals surface area contributed by atoms with Crippen LogP contribution in [0.25, 0.3) is 0 Å². The van der Waals surface area contributed by atoms with Crippen molar-refractivity contribution in [1.82, 2.24) is 0 Å². The predicted molar refractivity (Wildman–Crippen MR) is 361 cm³/mol. The summed E-state index contributed by atoms with van der Waals surface area (Å²) in [5.74, 6) is -2.36. The van der Waals surface area contributed by atoms with Crippen LogP contribution >= 0.6 is 0 Å². The van der Waals surface area contributed by atoms with Crippen molar-refractivity contribution >= 4 is 17.9 Å². The van der Waals surface area contributed by atoms with Gasteiger partial charge in [0.25, 0.3) is 0 Å². The third-order valence-electron chi connectivity index (χ3n) is 13.1. The molecule has 0 heterocycles. The van der Waals surface area contributed by atoms with Crippen molar-refractivity contribution in [3.63, 3.8) is 0 Å². The van der Waals surface area contributed by atoms with E-state index in [2.05, 4.69) is 196 Å². The van der Waals surface area contributed by atoms with Crippen LogP contribution in [0.5, 0.6) is 0 Å². The standard InChI is InChI=1S/C76H119NO8/c1-6-8-10-12-14-16-18-20-22-24-26-28-30-32-33-34-35-36-37-38-39-40-41-43-45-47-49-51-53-55-57-59-61-63-65-67-74(79)85-72(71-84-76(75(80)81)82-69-68-77(3,4)5)70-83-73(78)66-64-62-60-58-56-54-52-50-48-46-44-42-31-29-27-25-23-21-19-17-15-13-11-9-7-2/h8-11,14-17,20-23,26-29,32-33,35-36,38-39,41-44,48,50,54,56,72,76H,6-7,12-13,18-19,24-25,30-31,34,37,40,45-47,49,51-53,55,57-71H2,1-5H3/b10-8-,11-9-,16-14-,17-15-,22-20-,23-21-,28-26-,29-27-,33-32-,36-35-,39-38-,43-41-,44-42-,50-48-,56-54-. The molecule has 0 aromatic heterocycles. The molecule has 9 nitrogen and oxygen atoms in total. The predicted octanol–water partition coefficient (Wildman–Crippen LogP) is 19.1. The zero-order chi connectivity index (χ0) is 61.9. The van der Waals surface area contributed by atoms with Gasteiger partial charge in [0.05, 0.1) is 40.3 Å². The molecule has 0 radical (unpaired) electrons. The number of nitrogens with zero attached hydrogens (tertiary/aromatic N) is 1. The summed E-state index contributed by atoms with van der Waals surface area (Å²) in [6, 6.07) is 0. The summed E-state index contributed by atoms with van der Waals surface area (Å²) >= 11 is 0. The number of ether oxygens (including phenoxy) is 4. The van der Waals surface area contributed by atoms with E-state index in [0.717, 1.165) is 141 Å². The van der Waals surface area contributed by atoms with E-state index < -0.39 is 30.3 Å². The molecule has 0 bridgehead atoms. The zero-order valence-electron chi connectivity index (χ0n) is 54.1. The Morgan fingerprint density at radius 1 is 0.353 bits per heavy atom. The molecule has 0 aliphatic heterocycles. The van der Waals surface area contributed by atoms with Crippen molar-refractivity contribution in [3.8, 4) is 0 Å². The summed E-state index contributed by atoms with van der Waals surface area (Å²) in [6.07, 6.45) is 95.2. The maximum atomic E-state index is 12.9. The van der Waals surface area contributed by atoms with E-state index >= 15 is 0 Å². The highest BCUT2D eigenvalue weighted by Gasteiger charge is 2.22. The van der Waals surface area contributed by atoms with Crippen molar-refractivity contribution < 1.29 is 42.9 Å². The first kappa shape index (κ1) is 79.4. The molecule has 0 aliphatic rings. The third-order valence-corrected chi connectivity index (χ3v) is 13.1. The third kappa shape index (κ3) is 65.8. The molecule has 9 heteroatoms. The maximum Gasteiger partial charge on any atom is 0.306 e. The highest BCUT2D eigenvalue weighted by atomic mass is 16.7. The summed E-state index contributed by atoms with van der Waals surface area (Å²) in [6.45, 7) is 4.45. The largest absolute Gasteiger partial charge is 0.545 e. The van der Waals surface area contributed by atoms with E-state index in [9.17, 15) is 19.5 Å². The Balaban J connectivity index is 4.29. The highest BCUT2D eigenvalue weighted by molar-refractivity contribution is 5.70. The summed E-state index contributed by atoms with van der Waals surface area (Å²) in [7, 11) is 5.90. The molecule has 0 amide bonds. The molecule has 476 valence electrons. The Kier molecular flexibility index (Phi) is 60.1. The molecule has 0 saturated carbocycles. The number of hydrogen-bond donors (Lipinski definition) is 0. The minimum absolute atomic E-state index is 0.130. The van der Waals surface area contributed by atoms with Gasteiger partial charge >= 0.3 is 11.9 Å². The number of rotatable bonds is 58. The first-order valence-corrected chi connectivity index (χ1v) is 32.9. The number of hydrogen-bond acceptors (Lipinski definition) is 8. The number of unbranched alkanes of at least 4 members (excludes halogenated alkanes) is 13. The summed E-state index contributed by atoms with van der Waals surface area (Å²) in [5.41, 5.74) is 0. The van der Waals surface area contributed by atoms with Gasteiger partial charge in [-0.05, 0) is 135 Å². The Hall–Kier alpha value is -5.61. The fourth-order valence-corrected chi connectivity index (χ4v) is 8.18. The van der Waals surface area contributed by atoms with Gasteiger partial charge in [-0.1, -0.05) is 254 Å². The van der Waals surface area contributed by atoms with Crippen LogP contribution in [0.2, 0.25) is 0 Å². The van der Waals surface area contributed by atoms with E-state index in [1.807, 2.05) is 21.1 Å². The van der Waals surface area contributed by atoms with Gasteiger partial charge in [0.15, 0.2) is 12.4 Å². The van der Waals surface area contributed by atoms with Gasteiger partial charge in [-0.25, -0.2) is 0 Å². The van der Waals surface area contributed by atoms with Gasteiger partial charge in [-0.3, -0.25) is 9.59 Å². The molecular formula is C76H119NO8. The maximum absolute atomic E-state index is 12.9. The number of carboxylic acids is 1. The lowest BCUT2D eigenvalue weighted by Crippen LogP contribution is -2.44. The van der Waals surface area contributed by atoms with Gasteiger partial charge < -0.3 is 33.3 Å². The highest BCUT2D eigenvalue weighted by Crippen LogP contribution is 2.14. The fourth-order valence-electron chi connectivity index (χ4n) is 8.18. The first-order valence-electron chi connectivity index (χ1n) is 32.9. The Bertz CT molecular complexity index is 2050. The minimum atomic E-state index is -1.64. The van der Waals surface area contributed by atoms with Gasteiger partial charge in [-0.15, -0.1) is 0 Å². The van der Waals surface area contributed by atoms with Crippen LogP contribution in [0, 0.1) is 0 Å². The second kappa shape index (κ2) is 64.4. The number of carboxylic acid groups (broad SMARTS) is 1. The van der Waals surface area contributed by atoms with E-state index in [0.29, 0.717) is 23.9 Å². The van der Waals surface area contributed by atoms with E-state index in [-0.39, 0.29) is 32.7 Å². The topological polar surface area (TPSA) is 111 Å². The van der Waals surface area contributed by atoms with Crippen LogP contribution in [0.1, 0.15) is 219 Å². The molecule has 0 N–H and O–H groups in total. The minimum Gasteiger partial charge on any atom is -0.545 e. The number of quaternary nitrogens is 1. The average molecular weight is 1170 g/mol. The van der Waals surface area contributed by atoms with Crippen molar-refractivity contribution in [2.45, 2.75) is 232 Å². The van der Waals surface area contributed by atoms with Gasteiger partial charge in [0.1, 0.15) is 13.2 Å². The van der Waals surface area contributed by atoms with E-state index in [1.165, 1.54) is 38.5 Å². The number of carbonyl (C=O) groups excluding carboxylic acids is 3. The molecule has 0 aliphatic carbocycles. The molecule has 0 spiro atoms. The van der Waals surface area contributed by atoms with Crippen LogP contribution in [0.3, 0.4) is 0 Å².